The van der Waals surface area contributed by atoms with Crippen LogP contribution in [0.3, 0.4) is 0 Å². The van der Waals surface area contributed by atoms with Crippen LogP contribution in [-0.4, -0.2) is 31.1 Å². The number of ether oxygens (including phenoxy) is 1. The van der Waals surface area contributed by atoms with Crippen LogP contribution < -0.4 is 4.74 Å². The second-order valence-corrected chi connectivity index (χ2v) is 3.86. The van der Waals surface area contributed by atoms with Gasteiger partial charge in [-0.05, 0) is 44.1 Å². The van der Waals surface area contributed by atoms with Gasteiger partial charge in [0.15, 0.2) is 0 Å². The highest BCUT2D eigenvalue weighted by Crippen LogP contribution is 2.12. The van der Waals surface area contributed by atoms with Gasteiger partial charge in [-0.3, -0.25) is 4.90 Å². The van der Waals surface area contributed by atoms with E-state index in [1.54, 1.807) is 0 Å². The van der Waals surface area contributed by atoms with Gasteiger partial charge in [0.05, 0.1) is 0 Å². The highest BCUT2D eigenvalue weighted by Gasteiger charge is 2.12. The molecule has 76 valence electrons. The molecule has 1 aromatic carbocycles. The van der Waals surface area contributed by atoms with E-state index in [2.05, 4.69) is 24.0 Å². The minimum atomic E-state index is 0.809. The Kier molecular flexibility index (Phi) is 3.04. The average Bonchev–Trinajstić information content (AvgIpc) is 2.09. The molecule has 1 heterocycles. The Hall–Kier alpha value is -1.02. The molecule has 0 spiro atoms. The third kappa shape index (κ3) is 2.48. The van der Waals surface area contributed by atoms with E-state index in [4.69, 9.17) is 4.74 Å². The van der Waals surface area contributed by atoms with Crippen molar-refractivity contribution >= 4 is 0 Å². The summed E-state index contributed by atoms with van der Waals surface area (Å²) in [6, 6.07) is 8.22. The van der Waals surface area contributed by atoms with Crippen LogP contribution in [0.1, 0.15) is 12.0 Å². The summed E-state index contributed by atoms with van der Waals surface area (Å²) < 4.78 is 5.65. The number of rotatable bonds is 4. The first-order chi connectivity index (χ1) is 6.84. The van der Waals surface area contributed by atoms with Crippen LogP contribution >= 0.6 is 0 Å². The summed E-state index contributed by atoms with van der Waals surface area (Å²) >= 11 is 0. The normalized spacial score (nSPS) is 16.4. The number of aryl methyl sites for hydroxylation is 1. The van der Waals surface area contributed by atoms with Gasteiger partial charge >= 0.3 is 0 Å². The van der Waals surface area contributed by atoms with E-state index in [1.165, 1.54) is 25.1 Å². The summed E-state index contributed by atoms with van der Waals surface area (Å²) in [4.78, 5) is 2.41. The Morgan fingerprint density at radius 1 is 1.36 bits per heavy atom. The molecule has 1 fully saturated rings. The SMILES string of the molecule is Cc1cccc(OCCN2CCC2)c1. The van der Waals surface area contributed by atoms with Crippen LogP contribution in [0.25, 0.3) is 0 Å². The summed E-state index contributed by atoms with van der Waals surface area (Å²) in [5.74, 6) is 0.991. The van der Waals surface area contributed by atoms with Crippen molar-refractivity contribution < 1.29 is 4.74 Å². The van der Waals surface area contributed by atoms with Gasteiger partial charge in [0.1, 0.15) is 12.4 Å². The molecule has 2 nitrogen and oxygen atoms in total. The molecule has 0 bridgehead atoms. The Labute approximate surface area is 85.5 Å². The molecule has 1 aromatic rings. The van der Waals surface area contributed by atoms with Gasteiger partial charge in [-0.1, -0.05) is 12.1 Å². The van der Waals surface area contributed by atoms with Gasteiger partial charge in [-0.2, -0.15) is 0 Å². The molecular weight excluding hydrogens is 174 g/mol. The van der Waals surface area contributed by atoms with E-state index in [-0.39, 0.29) is 0 Å². The van der Waals surface area contributed by atoms with Crippen molar-refractivity contribution in [2.45, 2.75) is 13.3 Å². The van der Waals surface area contributed by atoms with Crippen LogP contribution in [0.15, 0.2) is 24.3 Å². The molecule has 1 aliphatic heterocycles. The van der Waals surface area contributed by atoms with E-state index < -0.39 is 0 Å². The van der Waals surface area contributed by atoms with Gasteiger partial charge in [-0.25, -0.2) is 0 Å². The molecule has 0 radical (unpaired) electrons. The van der Waals surface area contributed by atoms with Gasteiger partial charge in [0, 0.05) is 6.54 Å². The largest absolute Gasteiger partial charge is 0.492 e. The summed E-state index contributed by atoms with van der Waals surface area (Å²) in [5, 5.41) is 0. The first kappa shape index (κ1) is 9.53. The molecule has 0 amide bonds. The van der Waals surface area contributed by atoms with E-state index in [0.29, 0.717) is 0 Å². The lowest BCUT2D eigenvalue weighted by Crippen LogP contribution is -2.39. The van der Waals surface area contributed by atoms with Gasteiger partial charge in [0.2, 0.25) is 0 Å². The van der Waals surface area contributed by atoms with Crippen LogP contribution in [0.2, 0.25) is 0 Å². The van der Waals surface area contributed by atoms with Crippen molar-refractivity contribution in [1.82, 2.24) is 4.90 Å². The van der Waals surface area contributed by atoms with Crippen LogP contribution in [0.4, 0.5) is 0 Å². The molecule has 0 aromatic heterocycles. The molecule has 1 aliphatic rings. The zero-order chi connectivity index (χ0) is 9.80. The molecular formula is C12H17NO. The van der Waals surface area contributed by atoms with Gasteiger partial charge in [0.25, 0.3) is 0 Å². The Bertz CT molecular complexity index is 294. The van der Waals surface area contributed by atoms with Crippen molar-refractivity contribution in [3.63, 3.8) is 0 Å². The summed E-state index contributed by atoms with van der Waals surface area (Å²) in [7, 11) is 0. The number of likely N-dealkylation sites (tertiary alicyclic amines) is 1. The quantitative estimate of drug-likeness (QED) is 0.722. The molecule has 0 saturated carbocycles. The lowest BCUT2D eigenvalue weighted by molar-refractivity contribution is 0.147. The van der Waals surface area contributed by atoms with Crippen molar-refractivity contribution in [2.75, 3.05) is 26.2 Å². The summed E-state index contributed by atoms with van der Waals surface area (Å²) in [6.45, 7) is 6.45. The molecule has 0 aliphatic carbocycles. The predicted octanol–water partition coefficient (Wildman–Crippen LogP) is 2.08. The monoisotopic (exact) mass is 191 g/mol. The highest BCUT2D eigenvalue weighted by molar-refractivity contribution is 5.27. The van der Waals surface area contributed by atoms with Crippen molar-refractivity contribution in [3.05, 3.63) is 29.8 Å². The third-order valence-electron chi connectivity index (χ3n) is 2.61. The van der Waals surface area contributed by atoms with E-state index in [1.807, 2.05) is 12.1 Å². The van der Waals surface area contributed by atoms with Crippen LogP contribution in [-0.2, 0) is 0 Å². The Balaban J connectivity index is 1.74. The van der Waals surface area contributed by atoms with E-state index in [9.17, 15) is 0 Å². The fourth-order valence-corrected chi connectivity index (χ4v) is 1.60. The van der Waals surface area contributed by atoms with Gasteiger partial charge in [-0.15, -0.1) is 0 Å². The lowest BCUT2D eigenvalue weighted by atomic mass is 10.2. The zero-order valence-electron chi connectivity index (χ0n) is 8.70. The number of hydrogen-bond donors (Lipinski definition) is 0. The van der Waals surface area contributed by atoms with E-state index in [0.717, 1.165) is 18.9 Å². The maximum absolute atomic E-state index is 5.65. The smallest absolute Gasteiger partial charge is 0.119 e. The highest BCUT2D eigenvalue weighted by atomic mass is 16.5. The second kappa shape index (κ2) is 4.47. The molecule has 0 unspecified atom stereocenters. The Morgan fingerprint density at radius 2 is 2.21 bits per heavy atom. The topological polar surface area (TPSA) is 12.5 Å². The van der Waals surface area contributed by atoms with Crippen molar-refractivity contribution in [3.8, 4) is 5.75 Å². The molecule has 2 rings (SSSR count). The molecule has 2 heteroatoms. The first-order valence-electron chi connectivity index (χ1n) is 5.26. The molecule has 0 N–H and O–H groups in total. The zero-order valence-corrected chi connectivity index (χ0v) is 8.70. The van der Waals surface area contributed by atoms with Crippen molar-refractivity contribution in [2.24, 2.45) is 0 Å². The molecule has 1 saturated heterocycles. The van der Waals surface area contributed by atoms with Crippen LogP contribution in [0, 0.1) is 6.92 Å². The Morgan fingerprint density at radius 3 is 2.86 bits per heavy atom. The predicted molar refractivity (Wildman–Crippen MR) is 57.7 cm³/mol. The first-order valence-corrected chi connectivity index (χ1v) is 5.26. The third-order valence-corrected chi connectivity index (χ3v) is 2.61. The minimum Gasteiger partial charge on any atom is -0.492 e. The fourth-order valence-electron chi connectivity index (χ4n) is 1.60. The molecule has 0 atom stereocenters. The minimum absolute atomic E-state index is 0.809. The molecule has 14 heavy (non-hydrogen) atoms. The second-order valence-electron chi connectivity index (χ2n) is 3.86. The maximum atomic E-state index is 5.65. The standard InChI is InChI=1S/C12H17NO/c1-11-4-2-5-12(10-11)14-9-8-13-6-3-7-13/h2,4-5,10H,3,6-9H2,1H3. The average molecular weight is 191 g/mol. The number of hydrogen-bond acceptors (Lipinski definition) is 2. The lowest BCUT2D eigenvalue weighted by Gasteiger charge is -2.30. The number of nitrogens with zero attached hydrogens (tertiary/aromatic N) is 1. The van der Waals surface area contributed by atoms with Gasteiger partial charge < -0.3 is 4.74 Å². The maximum Gasteiger partial charge on any atom is 0.119 e. The van der Waals surface area contributed by atoms with Crippen LogP contribution in [0.5, 0.6) is 5.75 Å². The summed E-state index contributed by atoms with van der Waals surface area (Å²) in [5.41, 5.74) is 1.26. The number of benzene rings is 1. The fraction of sp³-hybridized carbons (Fsp3) is 0.500. The van der Waals surface area contributed by atoms with E-state index >= 15 is 0 Å². The van der Waals surface area contributed by atoms with Crippen molar-refractivity contribution in [1.29, 1.82) is 0 Å². The summed E-state index contributed by atoms with van der Waals surface area (Å²) in [6.07, 6.45) is 1.35.